The van der Waals surface area contributed by atoms with Gasteiger partial charge in [0.05, 0.1) is 11.8 Å². The van der Waals surface area contributed by atoms with Crippen molar-refractivity contribution < 1.29 is 14.3 Å². The van der Waals surface area contributed by atoms with Crippen LogP contribution in [0.5, 0.6) is 5.75 Å². The highest BCUT2D eigenvalue weighted by molar-refractivity contribution is 6.08. The van der Waals surface area contributed by atoms with E-state index < -0.39 is 5.91 Å². The molecule has 2 rings (SSSR count). The Hall–Kier alpha value is -3.02. The molecule has 2 aromatic carbocycles. The molecule has 2 aromatic rings. The Kier molecular flexibility index (Phi) is 6.60. The van der Waals surface area contributed by atoms with Crippen molar-refractivity contribution in [2.75, 3.05) is 29.6 Å². The summed E-state index contributed by atoms with van der Waals surface area (Å²) in [6, 6.07) is 14.6. The SMILES string of the molecule is CC(C)Oc1ccccc1NC(=O)CC(=O)Nc1ccc(N(C)C)cc1. The van der Waals surface area contributed by atoms with Gasteiger partial charge in [0.15, 0.2) is 0 Å². The van der Waals surface area contributed by atoms with Gasteiger partial charge in [0.25, 0.3) is 0 Å². The van der Waals surface area contributed by atoms with E-state index in [-0.39, 0.29) is 18.4 Å². The van der Waals surface area contributed by atoms with Gasteiger partial charge in [-0.2, -0.15) is 0 Å². The maximum atomic E-state index is 12.2. The van der Waals surface area contributed by atoms with Crippen LogP contribution < -0.4 is 20.3 Å². The van der Waals surface area contributed by atoms with Crippen molar-refractivity contribution in [3.05, 3.63) is 48.5 Å². The lowest BCUT2D eigenvalue weighted by atomic mass is 10.2. The predicted octanol–water partition coefficient (Wildman–Crippen LogP) is 3.51. The lowest BCUT2D eigenvalue weighted by Crippen LogP contribution is -2.22. The van der Waals surface area contributed by atoms with Crippen LogP contribution in [-0.2, 0) is 9.59 Å². The molecule has 2 N–H and O–H groups in total. The molecule has 0 saturated heterocycles. The summed E-state index contributed by atoms with van der Waals surface area (Å²) in [5.74, 6) is -0.190. The van der Waals surface area contributed by atoms with Crippen molar-refractivity contribution in [1.82, 2.24) is 0 Å². The number of carbonyl (C=O) groups excluding carboxylic acids is 2. The van der Waals surface area contributed by atoms with Crippen molar-refractivity contribution >= 4 is 28.9 Å². The van der Waals surface area contributed by atoms with Crippen LogP contribution in [-0.4, -0.2) is 32.0 Å². The lowest BCUT2D eigenvalue weighted by Gasteiger charge is -2.15. The highest BCUT2D eigenvalue weighted by Crippen LogP contribution is 2.25. The summed E-state index contributed by atoms with van der Waals surface area (Å²) in [5, 5.41) is 5.45. The maximum Gasteiger partial charge on any atom is 0.233 e. The number of nitrogens with one attached hydrogen (secondary N) is 2. The fourth-order valence-corrected chi connectivity index (χ4v) is 2.31. The van der Waals surface area contributed by atoms with Gasteiger partial charge in [-0.05, 0) is 50.2 Å². The van der Waals surface area contributed by atoms with Gasteiger partial charge in [0, 0.05) is 25.5 Å². The predicted molar refractivity (Wildman–Crippen MR) is 105 cm³/mol. The Morgan fingerprint density at radius 1 is 0.962 bits per heavy atom. The van der Waals surface area contributed by atoms with Gasteiger partial charge in [0.1, 0.15) is 12.2 Å². The summed E-state index contributed by atoms with van der Waals surface area (Å²) in [6.45, 7) is 3.82. The zero-order valence-electron chi connectivity index (χ0n) is 15.6. The molecule has 0 bridgehead atoms. The summed E-state index contributed by atoms with van der Waals surface area (Å²) in [7, 11) is 3.89. The normalized spacial score (nSPS) is 10.3. The van der Waals surface area contributed by atoms with Crippen molar-refractivity contribution in [3.63, 3.8) is 0 Å². The Balaban J connectivity index is 1.92. The van der Waals surface area contributed by atoms with Crippen molar-refractivity contribution in [2.24, 2.45) is 0 Å². The van der Waals surface area contributed by atoms with Crippen LogP contribution in [0, 0.1) is 0 Å². The van der Waals surface area contributed by atoms with Crippen molar-refractivity contribution in [2.45, 2.75) is 26.4 Å². The van der Waals surface area contributed by atoms with Crippen molar-refractivity contribution in [3.8, 4) is 5.75 Å². The molecule has 0 aromatic heterocycles. The molecule has 0 radical (unpaired) electrons. The topological polar surface area (TPSA) is 70.7 Å². The first-order chi connectivity index (χ1) is 12.3. The number of carbonyl (C=O) groups is 2. The van der Waals surface area contributed by atoms with E-state index in [0.29, 0.717) is 17.1 Å². The number of hydrogen-bond donors (Lipinski definition) is 2. The monoisotopic (exact) mass is 355 g/mol. The number of para-hydroxylation sites is 2. The first-order valence-corrected chi connectivity index (χ1v) is 8.48. The fourth-order valence-electron chi connectivity index (χ4n) is 2.31. The third-order valence-electron chi connectivity index (χ3n) is 3.51. The van der Waals surface area contributed by atoms with E-state index >= 15 is 0 Å². The molecule has 0 fully saturated rings. The standard InChI is InChI=1S/C20H25N3O3/c1-14(2)26-18-8-6-5-7-17(18)22-20(25)13-19(24)21-15-9-11-16(12-10-15)23(3)4/h5-12,14H,13H2,1-4H3,(H,21,24)(H,22,25). The van der Waals surface area contributed by atoms with Crippen LogP contribution in [0.4, 0.5) is 17.1 Å². The third-order valence-corrected chi connectivity index (χ3v) is 3.51. The van der Waals surface area contributed by atoms with Crippen LogP contribution >= 0.6 is 0 Å². The molecule has 138 valence electrons. The van der Waals surface area contributed by atoms with Crippen LogP contribution in [0.3, 0.4) is 0 Å². The van der Waals surface area contributed by atoms with Gasteiger partial charge in [0.2, 0.25) is 11.8 Å². The molecule has 2 amide bonds. The maximum absolute atomic E-state index is 12.2. The Bertz CT molecular complexity index is 755. The van der Waals surface area contributed by atoms with Crippen LogP contribution in [0.2, 0.25) is 0 Å². The summed E-state index contributed by atoms with van der Waals surface area (Å²) in [6.07, 6.45) is -0.285. The number of amides is 2. The van der Waals surface area contributed by atoms with E-state index in [1.807, 2.05) is 51.0 Å². The second-order valence-electron chi connectivity index (χ2n) is 6.38. The van der Waals surface area contributed by atoms with Gasteiger partial charge in [-0.1, -0.05) is 12.1 Å². The second kappa shape index (κ2) is 8.89. The van der Waals surface area contributed by atoms with E-state index in [4.69, 9.17) is 4.74 Å². The summed E-state index contributed by atoms with van der Waals surface area (Å²) < 4.78 is 5.66. The quantitative estimate of drug-likeness (QED) is 0.746. The average molecular weight is 355 g/mol. The lowest BCUT2D eigenvalue weighted by molar-refractivity contribution is -0.123. The first-order valence-electron chi connectivity index (χ1n) is 8.48. The van der Waals surface area contributed by atoms with Crippen LogP contribution in [0.25, 0.3) is 0 Å². The van der Waals surface area contributed by atoms with Crippen molar-refractivity contribution in [1.29, 1.82) is 0 Å². The van der Waals surface area contributed by atoms with Gasteiger partial charge in [-0.15, -0.1) is 0 Å². The molecule has 0 unspecified atom stereocenters. The van der Waals surface area contributed by atoms with Crippen LogP contribution in [0.15, 0.2) is 48.5 Å². The molecule has 0 aliphatic carbocycles. The van der Waals surface area contributed by atoms with E-state index in [1.54, 1.807) is 30.3 Å². The Morgan fingerprint density at radius 3 is 2.19 bits per heavy atom. The largest absolute Gasteiger partial charge is 0.489 e. The highest BCUT2D eigenvalue weighted by Gasteiger charge is 2.13. The summed E-state index contributed by atoms with van der Waals surface area (Å²) in [5.41, 5.74) is 2.23. The Labute approximate surface area is 154 Å². The first kappa shape index (κ1) is 19.3. The fraction of sp³-hybridized carbons (Fsp3) is 0.300. The van der Waals surface area contributed by atoms with Gasteiger partial charge < -0.3 is 20.3 Å². The number of hydrogen-bond acceptors (Lipinski definition) is 4. The zero-order valence-corrected chi connectivity index (χ0v) is 15.6. The minimum atomic E-state index is -0.396. The molecule has 0 spiro atoms. The van der Waals surface area contributed by atoms with Gasteiger partial charge in [-0.25, -0.2) is 0 Å². The molecule has 0 atom stereocenters. The number of anilines is 3. The van der Waals surface area contributed by atoms with E-state index in [2.05, 4.69) is 10.6 Å². The molecule has 0 aliphatic rings. The molecule has 26 heavy (non-hydrogen) atoms. The minimum absolute atomic E-state index is 0.0125. The molecule has 6 nitrogen and oxygen atoms in total. The smallest absolute Gasteiger partial charge is 0.233 e. The zero-order chi connectivity index (χ0) is 19.1. The Morgan fingerprint density at radius 2 is 1.58 bits per heavy atom. The summed E-state index contributed by atoms with van der Waals surface area (Å²) >= 11 is 0. The highest BCUT2D eigenvalue weighted by atomic mass is 16.5. The number of ether oxygens (including phenoxy) is 1. The second-order valence-corrected chi connectivity index (χ2v) is 6.38. The van der Waals surface area contributed by atoms with E-state index in [1.165, 1.54) is 0 Å². The minimum Gasteiger partial charge on any atom is -0.489 e. The molecule has 0 heterocycles. The number of rotatable bonds is 7. The molecule has 0 saturated carbocycles. The molecule has 6 heteroatoms. The molecule has 0 aliphatic heterocycles. The average Bonchev–Trinajstić information content (AvgIpc) is 2.56. The van der Waals surface area contributed by atoms with Gasteiger partial charge >= 0.3 is 0 Å². The van der Waals surface area contributed by atoms with Crippen LogP contribution in [0.1, 0.15) is 20.3 Å². The molecular weight excluding hydrogens is 330 g/mol. The van der Waals surface area contributed by atoms with E-state index in [0.717, 1.165) is 5.69 Å². The number of benzene rings is 2. The van der Waals surface area contributed by atoms with E-state index in [9.17, 15) is 9.59 Å². The van der Waals surface area contributed by atoms with Gasteiger partial charge in [-0.3, -0.25) is 9.59 Å². The summed E-state index contributed by atoms with van der Waals surface area (Å²) in [4.78, 5) is 26.2. The third kappa shape index (κ3) is 5.81. The number of nitrogens with zero attached hydrogens (tertiary/aromatic N) is 1. The molecular formula is C20H25N3O3.